The molecule has 6 heteroatoms. The van der Waals surface area contributed by atoms with Crippen LogP contribution in [-0.2, 0) is 23.8 Å². The van der Waals surface area contributed by atoms with Gasteiger partial charge in [-0.3, -0.25) is 4.18 Å². The summed E-state index contributed by atoms with van der Waals surface area (Å²) in [6.07, 6.45) is 0.0793. The van der Waals surface area contributed by atoms with E-state index in [1.54, 1.807) is 12.1 Å². The fraction of sp³-hybridized carbons (Fsp3) is 0.500. The van der Waals surface area contributed by atoms with Crippen LogP contribution in [0.25, 0.3) is 0 Å². The molecular weight excluding hydrogens is 256 g/mol. The molecular formula is C12H16O5S. The monoisotopic (exact) mass is 272 g/mol. The van der Waals surface area contributed by atoms with Crippen LogP contribution >= 0.6 is 0 Å². The minimum absolute atomic E-state index is 0.0205. The van der Waals surface area contributed by atoms with Gasteiger partial charge in [0.1, 0.15) is 6.10 Å². The van der Waals surface area contributed by atoms with Crippen LogP contribution in [0.5, 0.6) is 0 Å². The van der Waals surface area contributed by atoms with E-state index in [0.717, 1.165) is 5.56 Å². The summed E-state index contributed by atoms with van der Waals surface area (Å²) in [5, 5.41) is 0. The van der Waals surface area contributed by atoms with E-state index in [1.807, 2.05) is 6.92 Å². The van der Waals surface area contributed by atoms with Gasteiger partial charge in [0.2, 0.25) is 0 Å². The molecule has 1 heterocycles. The average molecular weight is 272 g/mol. The number of hydrogen-bond donors (Lipinski definition) is 0. The second kappa shape index (κ2) is 5.79. The Bertz CT molecular complexity index is 476. The molecule has 0 amide bonds. The Labute approximate surface area is 107 Å². The third kappa shape index (κ3) is 3.52. The second-order valence-electron chi connectivity index (χ2n) is 4.12. The van der Waals surface area contributed by atoms with Gasteiger partial charge < -0.3 is 9.47 Å². The Morgan fingerprint density at radius 1 is 1.22 bits per heavy atom. The van der Waals surface area contributed by atoms with Gasteiger partial charge in [-0.25, -0.2) is 0 Å². The molecule has 0 aromatic heterocycles. The van der Waals surface area contributed by atoms with Gasteiger partial charge in [0, 0.05) is 0 Å². The van der Waals surface area contributed by atoms with Crippen molar-refractivity contribution in [3.63, 3.8) is 0 Å². The number of benzene rings is 1. The van der Waals surface area contributed by atoms with Crippen LogP contribution in [0.2, 0.25) is 0 Å². The summed E-state index contributed by atoms with van der Waals surface area (Å²) in [5.41, 5.74) is 1.00. The predicted molar refractivity (Wildman–Crippen MR) is 64.9 cm³/mol. The highest BCUT2D eigenvalue weighted by Crippen LogP contribution is 2.13. The summed E-state index contributed by atoms with van der Waals surface area (Å²) < 4.78 is 38.7. The van der Waals surface area contributed by atoms with Crippen LogP contribution in [0, 0.1) is 6.92 Å². The largest absolute Gasteiger partial charge is 0.376 e. The summed E-state index contributed by atoms with van der Waals surface area (Å²) in [5.74, 6) is 0. The lowest BCUT2D eigenvalue weighted by Gasteiger charge is -2.25. The van der Waals surface area contributed by atoms with Gasteiger partial charge in [0.15, 0.2) is 0 Å². The van der Waals surface area contributed by atoms with Crippen molar-refractivity contribution in [2.24, 2.45) is 0 Å². The normalized spacial score (nSPS) is 16.5. The summed E-state index contributed by atoms with van der Waals surface area (Å²) in [6.45, 7) is 3.31. The highest BCUT2D eigenvalue weighted by molar-refractivity contribution is 7.86. The molecule has 1 aromatic rings. The molecule has 18 heavy (non-hydrogen) atoms. The van der Waals surface area contributed by atoms with Gasteiger partial charge in [-0.05, 0) is 19.1 Å². The fourth-order valence-corrected chi connectivity index (χ4v) is 2.33. The molecule has 2 rings (SSSR count). The van der Waals surface area contributed by atoms with E-state index in [4.69, 9.17) is 13.7 Å². The van der Waals surface area contributed by atoms with Crippen molar-refractivity contribution in [1.29, 1.82) is 0 Å². The van der Waals surface area contributed by atoms with Crippen LogP contribution in [-0.4, -0.2) is 40.9 Å². The quantitative estimate of drug-likeness (QED) is 0.573. The van der Waals surface area contributed by atoms with Gasteiger partial charge in [-0.1, -0.05) is 17.7 Å². The van der Waals surface area contributed by atoms with Crippen LogP contribution in [0.3, 0.4) is 0 Å². The third-order valence-electron chi connectivity index (χ3n) is 2.59. The SMILES string of the molecule is Cc1ccc(S(=O)(=O)OCCOC2COC2)cc1. The number of rotatable bonds is 6. The molecule has 1 aliphatic rings. The third-order valence-corrected chi connectivity index (χ3v) is 3.92. The lowest BCUT2D eigenvalue weighted by molar-refractivity contribution is -0.132. The van der Waals surface area contributed by atoms with Gasteiger partial charge in [0.05, 0.1) is 31.3 Å². The summed E-state index contributed by atoms with van der Waals surface area (Å²) in [4.78, 5) is 0.167. The standard InChI is InChI=1S/C12H16O5S/c1-10-2-4-12(5-3-10)18(13,14)17-7-6-16-11-8-15-9-11/h2-5,11H,6-9H2,1H3. The van der Waals surface area contributed by atoms with Crippen molar-refractivity contribution < 1.29 is 22.1 Å². The molecule has 1 saturated heterocycles. The topological polar surface area (TPSA) is 61.8 Å². The maximum Gasteiger partial charge on any atom is 0.297 e. The average Bonchev–Trinajstić information content (AvgIpc) is 2.27. The first-order chi connectivity index (χ1) is 8.58. The number of hydrogen-bond acceptors (Lipinski definition) is 5. The van der Waals surface area contributed by atoms with E-state index in [1.165, 1.54) is 12.1 Å². The molecule has 0 N–H and O–H groups in total. The maximum absolute atomic E-state index is 11.8. The molecule has 5 nitrogen and oxygen atoms in total. The van der Waals surface area contributed by atoms with Gasteiger partial charge >= 0.3 is 0 Å². The van der Waals surface area contributed by atoms with Crippen molar-refractivity contribution in [3.05, 3.63) is 29.8 Å². The molecule has 0 unspecified atom stereocenters. The van der Waals surface area contributed by atoms with E-state index in [0.29, 0.717) is 13.2 Å². The number of aryl methyl sites for hydroxylation is 1. The highest BCUT2D eigenvalue weighted by atomic mass is 32.2. The van der Waals surface area contributed by atoms with Gasteiger partial charge in [0.25, 0.3) is 10.1 Å². The Morgan fingerprint density at radius 2 is 1.89 bits per heavy atom. The van der Waals surface area contributed by atoms with E-state index >= 15 is 0 Å². The second-order valence-corrected chi connectivity index (χ2v) is 5.73. The Kier molecular flexibility index (Phi) is 4.34. The molecule has 0 radical (unpaired) electrons. The molecule has 0 spiro atoms. The molecule has 1 fully saturated rings. The summed E-state index contributed by atoms with van der Waals surface area (Å²) >= 11 is 0. The first-order valence-electron chi connectivity index (χ1n) is 5.73. The first kappa shape index (κ1) is 13.5. The van der Waals surface area contributed by atoms with Crippen molar-refractivity contribution in [2.45, 2.75) is 17.9 Å². The van der Waals surface area contributed by atoms with E-state index in [9.17, 15) is 8.42 Å². The van der Waals surface area contributed by atoms with E-state index < -0.39 is 10.1 Å². The minimum Gasteiger partial charge on any atom is -0.376 e. The smallest absolute Gasteiger partial charge is 0.297 e. The maximum atomic E-state index is 11.8. The highest BCUT2D eigenvalue weighted by Gasteiger charge is 2.19. The van der Waals surface area contributed by atoms with Crippen LogP contribution < -0.4 is 0 Å². The summed E-state index contributed by atoms with van der Waals surface area (Å²) in [6, 6.07) is 6.54. The van der Waals surface area contributed by atoms with E-state index in [2.05, 4.69) is 0 Å². The minimum atomic E-state index is -3.67. The Hall–Kier alpha value is -0.950. The fourth-order valence-electron chi connectivity index (χ4n) is 1.44. The van der Waals surface area contributed by atoms with Crippen molar-refractivity contribution in [3.8, 4) is 0 Å². The number of ether oxygens (including phenoxy) is 2. The van der Waals surface area contributed by atoms with Gasteiger partial charge in [-0.2, -0.15) is 8.42 Å². The molecule has 0 saturated carbocycles. The zero-order valence-corrected chi connectivity index (χ0v) is 11.0. The zero-order valence-electron chi connectivity index (χ0n) is 10.2. The summed E-state index contributed by atoms with van der Waals surface area (Å²) in [7, 11) is -3.67. The molecule has 0 aliphatic carbocycles. The molecule has 100 valence electrons. The lowest BCUT2D eigenvalue weighted by Crippen LogP contribution is -2.36. The van der Waals surface area contributed by atoms with Crippen molar-refractivity contribution in [1.82, 2.24) is 0 Å². The van der Waals surface area contributed by atoms with Gasteiger partial charge in [-0.15, -0.1) is 0 Å². The molecule has 1 aromatic carbocycles. The molecule has 0 bridgehead atoms. The van der Waals surface area contributed by atoms with Crippen LogP contribution in [0.4, 0.5) is 0 Å². The first-order valence-corrected chi connectivity index (χ1v) is 7.14. The zero-order chi connectivity index (χ0) is 13.0. The lowest BCUT2D eigenvalue weighted by atomic mass is 10.2. The molecule has 0 atom stereocenters. The Balaban J connectivity index is 1.81. The van der Waals surface area contributed by atoms with Crippen LogP contribution in [0.1, 0.15) is 5.56 Å². The van der Waals surface area contributed by atoms with Crippen LogP contribution in [0.15, 0.2) is 29.2 Å². The molecule has 1 aliphatic heterocycles. The Morgan fingerprint density at radius 3 is 2.44 bits per heavy atom. The predicted octanol–water partition coefficient (Wildman–Crippen LogP) is 1.12. The van der Waals surface area contributed by atoms with E-state index in [-0.39, 0.29) is 24.2 Å². The van der Waals surface area contributed by atoms with Crippen molar-refractivity contribution >= 4 is 10.1 Å². The van der Waals surface area contributed by atoms with Crippen molar-refractivity contribution in [2.75, 3.05) is 26.4 Å².